The summed E-state index contributed by atoms with van der Waals surface area (Å²) in [6.07, 6.45) is 0. The molecule has 11 heteroatoms. The van der Waals surface area contributed by atoms with Gasteiger partial charge in [-0.2, -0.15) is 0 Å². The van der Waals surface area contributed by atoms with Gasteiger partial charge in [0, 0.05) is 22.6 Å². The minimum atomic E-state index is -0.568. The second kappa shape index (κ2) is 8.69. The molecule has 0 saturated carbocycles. The zero-order valence-electron chi connectivity index (χ0n) is 17.0. The van der Waals surface area contributed by atoms with Gasteiger partial charge >= 0.3 is 5.00 Å². The molecule has 0 bridgehead atoms. The van der Waals surface area contributed by atoms with E-state index < -0.39 is 22.5 Å². The van der Waals surface area contributed by atoms with Gasteiger partial charge in [-0.05, 0) is 48.0 Å². The Labute approximate surface area is 198 Å². The monoisotopic (exact) mass is 494 g/mol. The summed E-state index contributed by atoms with van der Waals surface area (Å²) < 4.78 is 27.9. The van der Waals surface area contributed by atoms with Gasteiger partial charge < -0.3 is 5.32 Å². The predicted octanol–water partition coefficient (Wildman–Crippen LogP) is 6.53. The highest BCUT2D eigenvalue weighted by molar-refractivity contribution is 7.18. The second-order valence-electron chi connectivity index (χ2n) is 7.09. The van der Waals surface area contributed by atoms with Crippen LogP contribution in [0.3, 0.4) is 0 Å². The predicted molar refractivity (Wildman–Crippen MR) is 127 cm³/mol. The van der Waals surface area contributed by atoms with Gasteiger partial charge in [-0.15, -0.1) is 11.3 Å². The average molecular weight is 495 g/mol. The third-order valence-corrected chi connectivity index (χ3v) is 6.89. The molecule has 3 heterocycles. The van der Waals surface area contributed by atoms with Crippen molar-refractivity contribution in [1.29, 1.82) is 0 Å². The maximum atomic E-state index is 13.9. The Morgan fingerprint density at radius 3 is 2.47 bits per heavy atom. The van der Waals surface area contributed by atoms with Gasteiger partial charge in [0.25, 0.3) is 5.91 Å². The van der Waals surface area contributed by atoms with E-state index in [0.717, 1.165) is 11.3 Å². The van der Waals surface area contributed by atoms with Crippen LogP contribution in [-0.4, -0.2) is 20.8 Å². The van der Waals surface area contributed by atoms with Gasteiger partial charge in [0.15, 0.2) is 11.6 Å². The zero-order chi connectivity index (χ0) is 23.8. The molecule has 0 radical (unpaired) electrons. The molecular weight excluding hydrogens is 482 g/mol. The summed E-state index contributed by atoms with van der Waals surface area (Å²) in [6.45, 7) is 0. The number of hydrogen-bond acceptors (Lipinski definition) is 7. The van der Waals surface area contributed by atoms with E-state index in [4.69, 9.17) is 0 Å². The van der Waals surface area contributed by atoms with Crippen LogP contribution in [0.15, 0.2) is 66.0 Å². The number of anilines is 1. The number of carbonyl (C=O) groups is 1. The number of amides is 1. The molecule has 0 saturated heterocycles. The Balaban J connectivity index is 1.64. The molecule has 0 fully saturated rings. The molecule has 5 aromatic rings. The number of rotatable bonds is 5. The Morgan fingerprint density at radius 2 is 1.76 bits per heavy atom. The normalized spacial score (nSPS) is 11.0. The van der Waals surface area contributed by atoms with Gasteiger partial charge in [0.05, 0.1) is 20.0 Å². The molecule has 0 aliphatic rings. The third kappa shape index (κ3) is 4.14. The fraction of sp³-hybridized carbons (Fsp3) is 0. The molecule has 1 amide bonds. The van der Waals surface area contributed by atoms with Crippen LogP contribution in [0, 0.1) is 21.7 Å². The van der Waals surface area contributed by atoms with E-state index in [0.29, 0.717) is 26.9 Å². The van der Waals surface area contributed by atoms with Crippen molar-refractivity contribution in [1.82, 2.24) is 9.97 Å². The molecule has 0 aliphatic heterocycles. The van der Waals surface area contributed by atoms with Crippen molar-refractivity contribution in [2.24, 2.45) is 0 Å². The zero-order valence-corrected chi connectivity index (χ0v) is 18.6. The first-order valence-electron chi connectivity index (χ1n) is 9.76. The van der Waals surface area contributed by atoms with E-state index in [-0.39, 0.29) is 21.5 Å². The van der Waals surface area contributed by atoms with E-state index in [1.807, 2.05) is 0 Å². The van der Waals surface area contributed by atoms with Crippen LogP contribution in [0.5, 0.6) is 0 Å². The second-order valence-corrected chi connectivity index (χ2v) is 9.03. The molecular formula is C23H12F2N4O3S2. The SMILES string of the molecule is O=C(Nc1nc(-c2ccc(F)cc2)nc2c(-c3cccc(F)c3)csc12)c1ccc([N+](=O)[O-])s1. The Morgan fingerprint density at radius 1 is 0.971 bits per heavy atom. The Kier molecular flexibility index (Phi) is 5.56. The quantitative estimate of drug-likeness (QED) is 0.221. The summed E-state index contributed by atoms with van der Waals surface area (Å²) in [5.74, 6) is -0.969. The lowest BCUT2D eigenvalue weighted by atomic mass is 10.1. The number of thiophene rings is 2. The van der Waals surface area contributed by atoms with Crippen LogP contribution in [-0.2, 0) is 0 Å². The highest BCUT2D eigenvalue weighted by Gasteiger charge is 2.20. The summed E-state index contributed by atoms with van der Waals surface area (Å²) >= 11 is 2.01. The fourth-order valence-corrected chi connectivity index (χ4v) is 4.98. The Bertz CT molecular complexity index is 1560. The first-order chi connectivity index (χ1) is 16.4. The topological polar surface area (TPSA) is 98.0 Å². The summed E-state index contributed by atoms with van der Waals surface area (Å²) in [4.78, 5) is 32.5. The number of nitrogens with one attached hydrogen (secondary N) is 1. The van der Waals surface area contributed by atoms with E-state index in [1.54, 1.807) is 17.5 Å². The standard InChI is InChI=1S/C23H12F2N4O3S2/c24-14-6-4-12(5-7-14)21-26-19-16(13-2-1-3-15(25)10-13)11-33-20(19)22(27-21)28-23(30)17-8-9-18(34-17)29(31)32/h1-11H,(H,26,27,28,30). The number of fused-ring (bicyclic) bond motifs is 1. The summed E-state index contributed by atoms with van der Waals surface area (Å²) in [6, 6.07) is 14.2. The Hall–Kier alpha value is -4.09. The van der Waals surface area contributed by atoms with Gasteiger partial charge in [-0.1, -0.05) is 23.5 Å². The number of nitro groups is 1. The number of halogens is 2. The first-order valence-corrected chi connectivity index (χ1v) is 11.5. The highest BCUT2D eigenvalue weighted by atomic mass is 32.1. The van der Waals surface area contributed by atoms with Crippen LogP contribution in [0.25, 0.3) is 32.7 Å². The van der Waals surface area contributed by atoms with Crippen LogP contribution in [0.4, 0.5) is 19.6 Å². The molecule has 2 aromatic carbocycles. The molecule has 34 heavy (non-hydrogen) atoms. The molecule has 0 spiro atoms. The first kappa shape index (κ1) is 21.7. The van der Waals surface area contributed by atoms with Crippen molar-refractivity contribution in [3.63, 3.8) is 0 Å². The number of carbonyl (C=O) groups excluding carboxylic acids is 1. The van der Waals surface area contributed by atoms with Crippen LogP contribution < -0.4 is 5.32 Å². The summed E-state index contributed by atoms with van der Waals surface area (Å²) in [5, 5.41) is 15.3. The number of hydrogen-bond donors (Lipinski definition) is 1. The van der Waals surface area contributed by atoms with Gasteiger partial charge in [-0.25, -0.2) is 18.7 Å². The molecule has 0 atom stereocenters. The lowest BCUT2D eigenvalue weighted by Gasteiger charge is -2.08. The molecule has 0 aliphatic carbocycles. The van der Waals surface area contributed by atoms with E-state index in [9.17, 15) is 23.7 Å². The molecule has 1 N–H and O–H groups in total. The average Bonchev–Trinajstić information content (AvgIpc) is 3.48. The van der Waals surface area contributed by atoms with Crippen LogP contribution in [0.2, 0.25) is 0 Å². The lowest BCUT2D eigenvalue weighted by molar-refractivity contribution is -0.380. The number of aromatic nitrogens is 2. The molecule has 168 valence electrons. The molecule has 7 nitrogen and oxygen atoms in total. The number of benzene rings is 2. The lowest BCUT2D eigenvalue weighted by Crippen LogP contribution is -2.12. The van der Waals surface area contributed by atoms with Gasteiger partial charge in [0.1, 0.15) is 11.6 Å². The van der Waals surface area contributed by atoms with Crippen LogP contribution >= 0.6 is 22.7 Å². The van der Waals surface area contributed by atoms with Crippen LogP contribution in [0.1, 0.15) is 9.67 Å². The van der Waals surface area contributed by atoms with Crippen molar-refractivity contribution in [3.05, 3.63) is 92.7 Å². The molecule has 3 aromatic heterocycles. The minimum absolute atomic E-state index is 0.142. The van der Waals surface area contributed by atoms with Crippen molar-refractivity contribution in [2.45, 2.75) is 0 Å². The maximum Gasteiger partial charge on any atom is 0.324 e. The summed E-state index contributed by atoms with van der Waals surface area (Å²) in [7, 11) is 0. The largest absolute Gasteiger partial charge is 0.324 e. The molecule has 0 unspecified atom stereocenters. The highest BCUT2D eigenvalue weighted by Crippen LogP contribution is 2.38. The van der Waals surface area contributed by atoms with Crippen molar-refractivity contribution < 1.29 is 18.5 Å². The van der Waals surface area contributed by atoms with Crippen molar-refractivity contribution >= 4 is 49.6 Å². The van der Waals surface area contributed by atoms with E-state index in [1.165, 1.54) is 59.9 Å². The van der Waals surface area contributed by atoms with Gasteiger partial charge in [0.2, 0.25) is 0 Å². The van der Waals surface area contributed by atoms with E-state index >= 15 is 0 Å². The smallest absolute Gasteiger partial charge is 0.305 e. The van der Waals surface area contributed by atoms with Crippen molar-refractivity contribution in [2.75, 3.05) is 5.32 Å². The fourth-order valence-electron chi connectivity index (χ4n) is 3.31. The third-order valence-electron chi connectivity index (χ3n) is 4.88. The molecule has 5 rings (SSSR count). The van der Waals surface area contributed by atoms with Gasteiger partial charge in [-0.3, -0.25) is 14.9 Å². The minimum Gasteiger partial charge on any atom is -0.305 e. The van der Waals surface area contributed by atoms with E-state index in [2.05, 4.69) is 15.3 Å². The summed E-state index contributed by atoms with van der Waals surface area (Å²) in [5.41, 5.74) is 2.24. The maximum absolute atomic E-state index is 13.9. The number of nitrogens with zero attached hydrogens (tertiary/aromatic N) is 3. The van der Waals surface area contributed by atoms with Crippen molar-refractivity contribution in [3.8, 4) is 22.5 Å².